The Labute approximate surface area is 111 Å². The first-order valence-corrected chi connectivity index (χ1v) is 6.38. The molecule has 1 atom stereocenters. The Balaban J connectivity index is 1.80. The van der Waals surface area contributed by atoms with Crippen molar-refractivity contribution in [2.45, 2.75) is 18.9 Å². The first kappa shape index (κ1) is 12.0. The van der Waals surface area contributed by atoms with Crippen LogP contribution in [0.3, 0.4) is 0 Å². The molecule has 98 valence electrons. The monoisotopic (exact) mass is 256 g/mol. The maximum atomic E-state index is 4.62. The summed E-state index contributed by atoms with van der Waals surface area (Å²) in [5, 5.41) is 3.12. The summed E-state index contributed by atoms with van der Waals surface area (Å²) in [5.41, 5.74) is 1.01. The Morgan fingerprint density at radius 3 is 2.79 bits per heavy atom. The summed E-state index contributed by atoms with van der Waals surface area (Å²) in [7, 11) is 2.13. The molecule has 1 aliphatic heterocycles. The summed E-state index contributed by atoms with van der Waals surface area (Å²) in [6, 6.07) is 0.371. The molecular formula is C13H16N6. The maximum Gasteiger partial charge on any atom is 0.150 e. The number of hydrogen-bond donors (Lipinski definition) is 1. The number of likely N-dealkylation sites (tertiary alicyclic amines) is 1. The predicted molar refractivity (Wildman–Crippen MR) is 72.0 cm³/mol. The van der Waals surface area contributed by atoms with Crippen molar-refractivity contribution in [2.24, 2.45) is 0 Å². The van der Waals surface area contributed by atoms with Gasteiger partial charge in [-0.3, -0.25) is 14.9 Å². The molecule has 1 saturated heterocycles. The molecule has 3 rings (SSSR count). The number of anilines is 2. The molecule has 0 aromatic carbocycles. The number of nitrogens with one attached hydrogen (secondary N) is 1. The second-order valence-corrected chi connectivity index (χ2v) is 4.68. The van der Waals surface area contributed by atoms with Gasteiger partial charge in [-0.1, -0.05) is 0 Å². The summed E-state index contributed by atoms with van der Waals surface area (Å²) in [6.07, 6.45) is 10.8. The average molecular weight is 256 g/mol. The molecule has 6 heteroatoms. The van der Waals surface area contributed by atoms with Crippen molar-refractivity contribution < 1.29 is 0 Å². The highest BCUT2D eigenvalue weighted by Gasteiger charge is 2.24. The third-order valence-corrected chi connectivity index (χ3v) is 3.33. The van der Waals surface area contributed by atoms with E-state index in [2.05, 4.69) is 37.2 Å². The third kappa shape index (κ3) is 2.68. The van der Waals surface area contributed by atoms with Crippen LogP contribution < -0.4 is 5.32 Å². The number of rotatable bonds is 3. The Morgan fingerprint density at radius 1 is 1.16 bits per heavy atom. The Hall–Kier alpha value is -2.08. The van der Waals surface area contributed by atoms with E-state index >= 15 is 0 Å². The van der Waals surface area contributed by atoms with Gasteiger partial charge in [0, 0.05) is 12.4 Å². The van der Waals surface area contributed by atoms with Gasteiger partial charge in [-0.2, -0.15) is 0 Å². The summed E-state index contributed by atoms with van der Waals surface area (Å²) in [4.78, 5) is 19.4. The fourth-order valence-corrected chi connectivity index (χ4v) is 2.38. The van der Waals surface area contributed by atoms with Crippen LogP contribution in [0, 0.1) is 0 Å². The first-order chi connectivity index (χ1) is 9.33. The van der Waals surface area contributed by atoms with E-state index in [-0.39, 0.29) is 0 Å². The summed E-state index contributed by atoms with van der Waals surface area (Å²) >= 11 is 0. The van der Waals surface area contributed by atoms with E-state index in [9.17, 15) is 0 Å². The molecule has 3 heterocycles. The smallest absolute Gasteiger partial charge is 0.150 e. The summed E-state index contributed by atoms with van der Waals surface area (Å²) < 4.78 is 0. The fraction of sp³-hybridized carbons (Fsp3) is 0.385. The van der Waals surface area contributed by atoms with E-state index in [1.807, 2.05) is 6.20 Å². The number of aromatic nitrogens is 4. The van der Waals surface area contributed by atoms with Crippen LogP contribution in [0.15, 0.2) is 31.0 Å². The van der Waals surface area contributed by atoms with Crippen LogP contribution in [0.25, 0.3) is 0 Å². The molecule has 0 amide bonds. The van der Waals surface area contributed by atoms with Gasteiger partial charge in [-0.15, -0.1) is 0 Å². The highest BCUT2D eigenvalue weighted by atomic mass is 15.2. The SMILES string of the molecule is CN1CCC[C@H]1c1cncc(Nc2cnccn2)n1. The zero-order chi connectivity index (χ0) is 13.1. The Kier molecular flexibility index (Phi) is 3.33. The summed E-state index contributed by atoms with van der Waals surface area (Å²) in [6.45, 7) is 1.12. The molecule has 1 aliphatic rings. The molecule has 0 bridgehead atoms. The molecule has 1 fully saturated rings. The van der Waals surface area contributed by atoms with Crippen molar-refractivity contribution in [1.82, 2.24) is 24.8 Å². The van der Waals surface area contributed by atoms with Gasteiger partial charge in [0.05, 0.1) is 30.3 Å². The van der Waals surface area contributed by atoms with Gasteiger partial charge in [0.25, 0.3) is 0 Å². The zero-order valence-electron chi connectivity index (χ0n) is 10.8. The minimum absolute atomic E-state index is 0.371. The van der Waals surface area contributed by atoms with Crippen molar-refractivity contribution in [3.63, 3.8) is 0 Å². The van der Waals surface area contributed by atoms with Gasteiger partial charge >= 0.3 is 0 Å². The Morgan fingerprint density at radius 2 is 2.05 bits per heavy atom. The van der Waals surface area contributed by atoms with Gasteiger partial charge in [0.1, 0.15) is 11.6 Å². The molecular weight excluding hydrogens is 240 g/mol. The van der Waals surface area contributed by atoms with E-state index in [0.717, 1.165) is 18.7 Å². The molecule has 0 radical (unpaired) electrons. The molecule has 0 unspecified atom stereocenters. The molecule has 0 spiro atoms. The molecule has 2 aromatic heterocycles. The van der Waals surface area contributed by atoms with E-state index in [1.54, 1.807) is 24.8 Å². The lowest BCUT2D eigenvalue weighted by Crippen LogP contribution is -2.19. The van der Waals surface area contributed by atoms with Crippen molar-refractivity contribution >= 4 is 11.6 Å². The topological polar surface area (TPSA) is 66.8 Å². The first-order valence-electron chi connectivity index (χ1n) is 6.38. The van der Waals surface area contributed by atoms with Crippen LogP contribution in [0.5, 0.6) is 0 Å². The number of nitrogens with zero attached hydrogens (tertiary/aromatic N) is 5. The van der Waals surface area contributed by atoms with Crippen LogP contribution in [-0.2, 0) is 0 Å². The van der Waals surface area contributed by atoms with E-state index in [4.69, 9.17) is 0 Å². The minimum Gasteiger partial charge on any atom is -0.322 e. The Bertz CT molecular complexity index is 544. The molecule has 0 aliphatic carbocycles. The van der Waals surface area contributed by atoms with Crippen molar-refractivity contribution in [1.29, 1.82) is 0 Å². The molecule has 2 aromatic rings. The minimum atomic E-state index is 0.371. The van der Waals surface area contributed by atoms with E-state index < -0.39 is 0 Å². The van der Waals surface area contributed by atoms with Crippen LogP contribution >= 0.6 is 0 Å². The molecule has 0 saturated carbocycles. The lowest BCUT2D eigenvalue weighted by atomic mass is 10.1. The highest BCUT2D eigenvalue weighted by molar-refractivity contribution is 5.48. The van der Waals surface area contributed by atoms with Crippen LogP contribution in [-0.4, -0.2) is 38.4 Å². The maximum absolute atomic E-state index is 4.62. The zero-order valence-corrected chi connectivity index (χ0v) is 10.8. The van der Waals surface area contributed by atoms with Crippen molar-refractivity contribution in [3.8, 4) is 0 Å². The van der Waals surface area contributed by atoms with Crippen molar-refractivity contribution in [3.05, 3.63) is 36.7 Å². The van der Waals surface area contributed by atoms with E-state index in [1.165, 1.54) is 6.42 Å². The van der Waals surface area contributed by atoms with Gasteiger partial charge in [-0.05, 0) is 26.4 Å². The lowest BCUT2D eigenvalue weighted by Gasteiger charge is -2.18. The lowest BCUT2D eigenvalue weighted by molar-refractivity contribution is 0.311. The normalized spacial score (nSPS) is 19.5. The number of hydrogen-bond acceptors (Lipinski definition) is 6. The fourth-order valence-electron chi connectivity index (χ4n) is 2.38. The van der Waals surface area contributed by atoms with Crippen molar-refractivity contribution in [2.75, 3.05) is 18.9 Å². The largest absolute Gasteiger partial charge is 0.322 e. The molecule has 6 nitrogen and oxygen atoms in total. The average Bonchev–Trinajstić information content (AvgIpc) is 2.86. The second-order valence-electron chi connectivity index (χ2n) is 4.68. The second kappa shape index (κ2) is 5.27. The third-order valence-electron chi connectivity index (χ3n) is 3.33. The summed E-state index contributed by atoms with van der Waals surface area (Å²) in [5.74, 6) is 1.38. The molecule has 1 N–H and O–H groups in total. The van der Waals surface area contributed by atoms with Crippen LogP contribution in [0.2, 0.25) is 0 Å². The van der Waals surface area contributed by atoms with E-state index in [0.29, 0.717) is 17.7 Å². The standard InChI is InChI=1S/C13H16N6/c1-19-6-2-3-11(19)10-7-15-9-13(17-10)18-12-8-14-4-5-16-12/h4-5,7-9,11H,2-3,6H2,1H3,(H,16,17,18)/t11-/m0/s1. The molecule has 19 heavy (non-hydrogen) atoms. The van der Waals surface area contributed by atoms with Gasteiger partial charge in [0.2, 0.25) is 0 Å². The highest BCUT2D eigenvalue weighted by Crippen LogP contribution is 2.29. The van der Waals surface area contributed by atoms with Gasteiger partial charge in [0.15, 0.2) is 0 Å². The van der Waals surface area contributed by atoms with Gasteiger partial charge in [-0.25, -0.2) is 9.97 Å². The van der Waals surface area contributed by atoms with Crippen LogP contribution in [0.4, 0.5) is 11.6 Å². The van der Waals surface area contributed by atoms with Gasteiger partial charge < -0.3 is 5.32 Å². The predicted octanol–water partition coefficient (Wildman–Crippen LogP) is 1.78. The van der Waals surface area contributed by atoms with Crippen LogP contribution in [0.1, 0.15) is 24.6 Å². The quantitative estimate of drug-likeness (QED) is 0.903.